The second kappa shape index (κ2) is 3.93. The lowest BCUT2D eigenvalue weighted by Gasteiger charge is -2.28. The molecule has 1 aliphatic heterocycles. The molecule has 0 spiro atoms. The molecule has 2 nitrogen and oxygen atoms in total. The summed E-state index contributed by atoms with van der Waals surface area (Å²) >= 11 is 1.49. The molecule has 1 aliphatic rings. The molecule has 0 radical (unpaired) electrons. The van der Waals surface area contributed by atoms with Crippen LogP contribution in [0.3, 0.4) is 0 Å². The summed E-state index contributed by atoms with van der Waals surface area (Å²) in [4.78, 5) is 12.8. The number of hydrogen-bond acceptors (Lipinski definition) is 2. The summed E-state index contributed by atoms with van der Waals surface area (Å²) in [5.41, 5.74) is 3.30. The van der Waals surface area contributed by atoms with Crippen LogP contribution in [0.5, 0.6) is 0 Å². The third-order valence-electron chi connectivity index (χ3n) is 2.78. The summed E-state index contributed by atoms with van der Waals surface area (Å²) < 4.78 is 1.75. The van der Waals surface area contributed by atoms with Crippen molar-refractivity contribution < 1.29 is 4.79 Å². The van der Waals surface area contributed by atoms with E-state index in [1.165, 1.54) is 17.5 Å². The molecule has 0 N–H and O–H groups in total. The topological polar surface area (TPSA) is 20.3 Å². The van der Waals surface area contributed by atoms with Gasteiger partial charge < -0.3 is 0 Å². The Morgan fingerprint density at radius 2 is 1.65 bits per heavy atom. The second-order valence-electron chi connectivity index (χ2n) is 3.92. The Morgan fingerprint density at radius 3 is 2.41 bits per heavy atom. The van der Waals surface area contributed by atoms with E-state index >= 15 is 0 Å². The molecule has 3 heteroatoms. The zero-order valence-electron chi connectivity index (χ0n) is 9.38. The summed E-state index contributed by atoms with van der Waals surface area (Å²) in [5, 5.41) is 0. The minimum Gasteiger partial charge on any atom is -0.274 e. The van der Waals surface area contributed by atoms with Crippen molar-refractivity contribution >= 4 is 23.5 Å². The second-order valence-corrected chi connectivity index (χ2v) is 4.91. The highest BCUT2D eigenvalue weighted by Crippen LogP contribution is 2.45. The molecule has 84 valence electrons. The van der Waals surface area contributed by atoms with Crippen molar-refractivity contribution in [1.82, 2.24) is 0 Å². The van der Waals surface area contributed by atoms with Crippen molar-refractivity contribution in [3.63, 3.8) is 0 Å². The highest BCUT2D eigenvalue weighted by atomic mass is 32.2. The van der Waals surface area contributed by atoms with Gasteiger partial charge in [-0.2, -0.15) is 0 Å². The van der Waals surface area contributed by atoms with Gasteiger partial charge in [0.05, 0.1) is 5.69 Å². The van der Waals surface area contributed by atoms with Crippen LogP contribution in [0.25, 0.3) is 11.1 Å². The SMILES string of the molecule is CC(=O)N1Sc2ccccc2-c2ccccc21. The average Bonchev–Trinajstić information content (AvgIpc) is 2.37. The van der Waals surface area contributed by atoms with Crippen molar-refractivity contribution in [2.75, 3.05) is 4.31 Å². The normalized spacial score (nSPS) is 12.9. The quantitative estimate of drug-likeness (QED) is 0.655. The number of benzene rings is 2. The standard InChI is InChI=1S/C14H11NOS/c1-10(16)15-13-8-4-2-6-11(13)12-7-3-5-9-14(12)17-15/h2-9H,1H3. The predicted octanol–water partition coefficient (Wildman–Crippen LogP) is 3.73. The third kappa shape index (κ3) is 1.63. The zero-order chi connectivity index (χ0) is 11.8. The number of hydrogen-bond donors (Lipinski definition) is 0. The van der Waals surface area contributed by atoms with E-state index in [0.29, 0.717) is 0 Å². The van der Waals surface area contributed by atoms with E-state index in [1.807, 2.05) is 36.4 Å². The molecule has 2 aromatic rings. The van der Waals surface area contributed by atoms with Crippen LogP contribution in [-0.2, 0) is 4.79 Å². The largest absolute Gasteiger partial charge is 0.274 e. The predicted molar refractivity (Wildman–Crippen MR) is 70.9 cm³/mol. The molecule has 1 amide bonds. The molecule has 0 saturated carbocycles. The van der Waals surface area contributed by atoms with Crippen LogP contribution < -0.4 is 4.31 Å². The Kier molecular flexibility index (Phi) is 2.41. The van der Waals surface area contributed by atoms with E-state index in [2.05, 4.69) is 12.1 Å². The first-order chi connectivity index (χ1) is 8.27. The van der Waals surface area contributed by atoms with Crippen LogP contribution in [0.15, 0.2) is 53.4 Å². The van der Waals surface area contributed by atoms with Gasteiger partial charge in [-0.15, -0.1) is 0 Å². The van der Waals surface area contributed by atoms with Crippen LogP contribution in [0, 0.1) is 0 Å². The first-order valence-corrected chi connectivity index (χ1v) is 6.22. The molecule has 3 rings (SSSR count). The Morgan fingerprint density at radius 1 is 1.00 bits per heavy atom. The fraction of sp³-hybridized carbons (Fsp3) is 0.0714. The van der Waals surface area contributed by atoms with Crippen molar-refractivity contribution in [1.29, 1.82) is 0 Å². The molecular weight excluding hydrogens is 230 g/mol. The van der Waals surface area contributed by atoms with Gasteiger partial charge in [0, 0.05) is 17.4 Å². The first-order valence-electron chi connectivity index (χ1n) is 5.44. The van der Waals surface area contributed by atoms with Crippen LogP contribution in [0.4, 0.5) is 5.69 Å². The highest BCUT2D eigenvalue weighted by Gasteiger charge is 2.24. The summed E-state index contributed by atoms with van der Waals surface area (Å²) in [5.74, 6) is 0.0527. The molecule has 0 unspecified atom stereocenters. The van der Waals surface area contributed by atoms with Crippen molar-refractivity contribution in [3.05, 3.63) is 48.5 Å². The minimum absolute atomic E-state index is 0.0527. The van der Waals surface area contributed by atoms with Crippen molar-refractivity contribution in [2.24, 2.45) is 0 Å². The molecule has 17 heavy (non-hydrogen) atoms. The molecule has 1 heterocycles. The van der Waals surface area contributed by atoms with Gasteiger partial charge in [0.2, 0.25) is 5.91 Å². The van der Waals surface area contributed by atoms with Gasteiger partial charge in [0.25, 0.3) is 0 Å². The lowest BCUT2D eigenvalue weighted by atomic mass is 10.0. The number of para-hydroxylation sites is 1. The van der Waals surface area contributed by atoms with Crippen molar-refractivity contribution in [3.8, 4) is 11.1 Å². The Hall–Kier alpha value is -1.74. The highest BCUT2D eigenvalue weighted by molar-refractivity contribution is 8.01. The smallest absolute Gasteiger partial charge is 0.234 e. The fourth-order valence-electron chi connectivity index (χ4n) is 2.03. The maximum absolute atomic E-state index is 11.7. The number of anilines is 1. The van der Waals surface area contributed by atoms with Crippen LogP contribution in [0.1, 0.15) is 6.92 Å². The summed E-state index contributed by atoms with van der Waals surface area (Å²) in [6, 6.07) is 16.2. The van der Waals surface area contributed by atoms with Gasteiger partial charge in [0.15, 0.2) is 0 Å². The minimum atomic E-state index is 0.0527. The average molecular weight is 241 g/mol. The van der Waals surface area contributed by atoms with Crippen molar-refractivity contribution in [2.45, 2.75) is 11.8 Å². The van der Waals surface area contributed by atoms with Gasteiger partial charge in [-0.05, 0) is 29.6 Å². The third-order valence-corrected chi connectivity index (χ3v) is 3.96. The Labute approximate surface area is 104 Å². The first kappa shape index (κ1) is 10.4. The summed E-state index contributed by atoms with van der Waals surface area (Å²) in [6.45, 7) is 1.59. The molecule has 0 bridgehead atoms. The molecule has 0 fully saturated rings. The summed E-state index contributed by atoms with van der Waals surface area (Å²) in [6.07, 6.45) is 0. The summed E-state index contributed by atoms with van der Waals surface area (Å²) in [7, 11) is 0. The van der Waals surface area contributed by atoms with Gasteiger partial charge in [-0.3, -0.25) is 4.79 Å². The van der Waals surface area contributed by atoms with E-state index in [9.17, 15) is 4.79 Å². The number of rotatable bonds is 0. The number of fused-ring (bicyclic) bond motifs is 3. The molecule has 0 atom stereocenters. The maximum Gasteiger partial charge on any atom is 0.234 e. The van der Waals surface area contributed by atoms with Crippen LogP contribution >= 0.6 is 11.9 Å². The van der Waals surface area contributed by atoms with Crippen LogP contribution in [0.2, 0.25) is 0 Å². The van der Waals surface area contributed by atoms with E-state index in [-0.39, 0.29) is 5.91 Å². The monoisotopic (exact) mass is 241 g/mol. The van der Waals surface area contributed by atoms with E-state index in [1.54, 1.807) is 11.2 Å². The van der Waals surface area contributed by atoms with Crippen LogP contribution in [-0.4, -0.2) is 5.91 Å². The fourth-order valence-corrected chi connectivity index (χ4v) is 3.03. The van der Waals surface area contributed by atoms with E-state index in [0.717, 1.165) is 16.1 Å². The molecule has 0 aromatic heterocycles. The zero-order valence-corrected chi connectivity index (χ0v) is 10.2. The van der Waals surface area contributed by atoms with Gasteiger partial charge >= 0.3 is 0 Å². The number of carbonyl (C=O) groups excluding carboxylic acids is 1. The lowest BCUT2D eigenvalue weighted by Crippen LogP contribution is -2.23. The number of nitrogens with zero attached hydrogens (tertiary/aromatic N) is 1. The molecule has 0 saturated heterocycles. The lowest BCUT2D eigenvalue weighted by molar-refractivity contribution is -0.115. The van der Waals surface area contributed by atoms with E-state index in [4.69, 9.17) is 0 Å². The van der Waals surface area contributed by atoms with Gasteiger partial charge in [0.1, 0.15) is 0 Å². The van der Waals surface area contributed by atoms with Gasteiger partial charge in [-0.25, -0.2) is 4.31 Å². The van der Waals surface area contributed by atoms with Gasteiger partial charge in [-0.1, -0.05) is 36.4 Å². The van der Waals surface area contributed by atoms with E-state index < -0.39 is 0 Å². The molecule has 0 aliphatic carbocycles. The maximum atomic E-state index is 11.7. The Bertz CT molecular complexity index is 594. The molecule has 2 aromatic carbocycles. The molecular formula is C14H11NOS. The number of carbonyl (C=O) groups is 1. The number of amides is 1. The Balaban J connectivity index is 2.26.